The zero-order valence-electron chi connectivity index (χ0n) is 12.9. The molecule has 1 atom stereocenters. The summed E-state index contributed by atoms with van der Waals surface area (Å²) < 4.78 is 5.23. The Hall–Kier alpha value is -2.99. The Balaban J connectivity index is 1.75. The second-order valence-electron chi connectivity index (χ2n) is 5.26. The van der Waals surface area contributed by atoms with E-state index in [0.29, 0.717) is 12.2 Å². The van der Waals surface area contributed by atoms with Gasteiger partial charge >= 0.3 is 0 Å². The number of aliphatic hydroxyl groups is 1. The largest absolute Gasteiger partial charge is 0.396 e. The van der Waals surface area contributed by atoms with Gasteiger partial charge in [-0.15, -0.1) is 0 Å². The van der Waals surface area contributed by atoms with Crippen molar-refractivity contribution in [3.63, 3.8) is 0 Å². The number of rotatable bonds is 6. The Morgan fingerprint density at radius 1 is 1.17 bits per heavy atom. The molecule has 1 unspecified atom stereocenters. The van der Waals surface area contributed by atoms with Gasteiger partial charge in [-0.1, -0.05) is 35.5 Å². The van der Waals surface area contributed by atoms with Crippen molar-refractivity contribution in [2.45, 2.75) is 12.5 Å². The highest BCUT2D eigenvalue weighted by Gasteiger charge is 2.18. The van der Waals surface area contributed by atoms with Crippen LogP contribution in [0.5, 0.6) is 0 Å². The van der Waals surface area contributed by atoms with Crippen LogP contribution in [-0.2, 0) is 0 Å². The molecule has 0 saturated heterocycles. The molecule has 0 spiro atoms. The fourth-order valence-corrected chi connectivity index (χ4v) is 2.40. The Labute approximate surface area is 139 Å². The van der Waals surface area contributed by atoms with Crippen LogP contribution in [0.25, 0.3) is 11.3 Å². The van der Waals surface area contributed by atoms with E-state index in [-0.39, 0.29) is 24.2 Å². The molecule has 0 bridgehead atoms. The molecule has 0 saturated carbocycles. The predicted octanol–water partition coefficient (Wildman–Crippen LogP) is 2.59. The summed E-state index contributed by atoms with van der Waals surface area (Å²) in [5, 5.41) is 16.0. The number of benzene rings is 1. The van der Waals surface area contributed by atoms with Gasteiger partial charge in [-0.25, -0.2) is 0 Å². The molecule has 122 valence electrons. The maximum absolute atomic E-state index is 12.4. The summed E-state index contributed by atoms with van der Waals surface area (Å²) in [6.07, 6.45) is 3.71. The third-order valence-electron chi connectivity index (χ3n) is 3.63. The lowest BCUT2D eigenvalue weighted by atomic mass is 10.0. The number of carbonyl (C=O) groups excluding carboxylic acids is 1. The lowest BCUT2D eigenvalue weighted by Gasteiger charge is -2.17. The number of nitrogens with one attached hydrogen (secondary N) is 1. The first-order valence-electron chi connectivity index (χ1n) is 7.61. The summed E-state index contributed by atoms with van der Waals surface area (Å²) in [6, 6.07) is 14.4. The molecule has 1 amide bonds. The predicted molar refractivity (Wildman–Crippen MR) is 88.1 cm³/mol. The molecule has 2 N–H and O–H groups in total. The second kappa shape index (κ2) is 7.52. The Morgan fingerprint density at radius 2 is 1.92 bits per heavy atom. The van der Waals surface area contributed by atoms with Crippen LogP contribution >= 0.6 is 0 Å². The molecule has 6 heteroatoms. The van der Waals surface area contributed by atoms with E-state index in [2.05, 4.69) is 15.5 Å². The van der Waals surface area contributed by atoms with E-state index in [9.17, 15) is 9.90 Å². The van der Waals surface area contributed by atoms with Gasteiger partial charge in [0, 0.05) is 30.6 Å². The summed E-state index contributed by atoms with van der Waals surface area (Å²) in [6.45, 7) is -0.0269. The Kier molecular flexibility index (Phi) is 4.98. The van der Waals surface area contributed by atoms with Crippen LogP contribution in [0.15, 0.2) is 65.4 Å². The van der Waals surface area contributed by atoms with Crippen molar-refractivity contribution in [3.05, 3.63) is 72.2 Å². The van der Waals surface area contributed by atoms with Crippen LogP contribution in [0, 0.1) is 0 Å². The summed E-state index contributed by atoms with van der Waals surface area (Å²) in [4.78, 5) is 16.4. The summed E-state index contributed by atoms with van der Waals surface area (Å²) in [5.41, 5.74) is 1.92. The molecule has 0 aliphatic carbocycles. The van der Waals surface area contributed by atoms with Gasteiger partial charge in [-0.3, -0.25) is 9.78 Å². The van der Waals surface area contributed by atoms with Crippen LogP contribution in [0.4, 0.5) is 0 Å². The molecule has 3 rings (SSSR count). The molecule has 24 heavy (non-hydrogen) atoms. The molecule has 6 nitrogen and oxygen atoms in total. The fourth-order valence-electron chi connectivity index (χ4n) is 2.40. The lowest BCUT2D eigenvalue weighted by Crippen LogP contribution is -2.29. The summed E-state index contributed by atoms with van der Waals surface area (Å²) >= 11 is 0. The van der Waals surface area contributed by atoms with E-state index in [1.165, 1.54) is 0 Å². The van der Waals surface area contributed by atoms with Gasteiger partial charge < -0.3 is 14.9 Å². The molecule has 0 fully saturated rings. The molecule has 2 aromatic heterocycles. The van der Waals surface area contributed by atoms with Crippen molar-refractivity contribution >= 4 is 5.91 Å². The first-order chi connectivity index (χ1) is 11.8. The average molecular weight is 323 g/mol. The molecule has 0 radical (unpaired) electrons. The Morgan fingerprint density at radius 3 is 2.62 bits per heavy atom. The summed E-state index contributed by atoms with van der Waals surface area (Å²) in [7, 11) is 0. The van der Waals surface area contributed by atoms with E-state index >= 15 is 0 Å². The van der Waals surface area contributed by atoms with Gasteiger partial charge in [-0.05, 0) is 24.1 Å². The van der Waals surface area contributed by atoms with Gasteiger partial charge in [0.15, 0.2) is 11.5 Å². The van der Waals surface area contributed by atoms with E-state index < -0.39 is 0 Å². The van der Waals surface area contributed by atoms with Gasteiger partial charge in [-0.2, -0.15) is 0 Å². The number of nitrogens with zero attached hydrogens (tertiary/aromatic N) is 2. The van der Waals surface area contributed by atoms with Gasteiger partial charge in [0.2, 0.25) is 0 Å². The minimum Gasteiger partial charge on any atom is -0.396 e. The topological polar surface area (TPSA) is 88.2 Å². The normalized spacial score (nSPS) is 11.9. The van der Waals surface area contributed by atoms with Crippen LogP contribution in [0.2, 0.25) is 0 Å². The smallest absolute Gasteiger partial charge is 0.273 e. The lowest BCUT2D eigenvalue weighted by molar-refractivity contribution is 0.0921. The van der Waals surface area contributed by atoms with E-state index in [4.69, 9.17) is 4.52 Å². The highest BCUT2D eigenvalue weighted by atomic mass is 16.5. The quantitative estimate of drug-likeness (QED) is 0.728. The van der Waals surface area contributed by atoms with Gasteiger partial charge in [0.25, 0.3) is 5.91 Å². The zero-order valence-corrected chi connectivity index (χ0v) is 12.9. The SMILES string of the molecule is O=C(NC(CCO)c1ccccc1)c1cc(-c2ccncc2)on1. The van der Waals surface area contributed by atoms with E-state index in [1.807, 2.05) is 30.3 Å². The minimum absolute atomic E-state index is 0.0269. The van der Waals surface area contributed by atoms with Crippen LogP contribution in [-0.4, -0.2) is 27.8 Å². The first-order valence-corrected chi connectivity index (χ1v) is 7.61. The number of amides is 1. The first kappa shape index (κ1) is 15.9. The minimum atomic E-state index is -0.346. The molecule has 1 aromatic carbocycles. The highest BCUT2D eigenvalue weighted by molar-refractivity contribution is 5.93. The molecule has 0 aliphatic rings. The molecular weight excluding hydrogens is 306 g/mol. The van der Waals surface area contributed by atoms with Crippen molar-refractivity contribution in [2.24, 2.45) is 0 Å². The number of hydrogen-bond donors (Lipinski definition) is 2. The number of aromatic nitrogens is 2. The Bertz CT molecular complexity index is 788. The van der Waals surface area contributed by atoms with Crippen LogP contribution in [0.1, 0.15) is 28.5 Å². The molecule has 3 aromatic rings. The van der Waals surface area contributed by atoms with Crippen molar-refractivity contribution in [1.29, 1.82) is 0 Å². The van der Waals surface area contributed by atoms with Crippen LogP contribution < -0.4 is 5.32 Å². The monoisotopic (exact) mass is 323 g/mol. The van der Waals surface area contributed by atoms with Gasteiger partial charge in [0.05, 0.1) is 6.04 Å². The standard InChI is InChI=1S/C18H17N3O3/c22-11-8-15(13-4-2-1-3-5-13)20-18(23)16-12-17(24-21-16)14-6-9-19-10-7-14/h1-7,9-10,12,15,22H,8,11H2,(H,20,23). The number of aliphatic hydroxyl groups excluding tert-OH is 1. The third kappa shape index (κ3) is 3.67. The maximum Gasteiger partial charge on any atom is 0.273 e. The zero-order chi connectivity index (χ0) is 16.8. The molecule has 2 heterocycles. The van der Waals surface area contributed by atoms with Crippen molar-refractivity contribution < 1.29 is 14.4 Å². The fraction of sp³-hybridized carbons (Fsp3) is 0.167. The van der Waals surface area contributed by atoms with Crippen molar-refractivity contribution in [3.8, 4) is 11.3 Å². The number of pyridine rings is 1. The highest BCUT2D eigenvalue weighted by Crippen LogP contribution is 2.21. The third-order valence-corrected chi connectivity index (χ3v) is 3.63. The van der Waals surface area contributed by atoms with E-state index in [0.717, 1.165) is 11.1 Å². The number of carbonyl (C=O) groups is 1. The van der Waals surface area contributed by atoms with Crippen LogP contribution in [0.3, 0.4) is 0 Å². The number of hydrogen-bond acceptors (Lipinski definition) is 5. The van der Waals surface area contributed by atoms with E-state index in [1.54, 1.807) is 30.6 Å². The van der Waals surface area contributed by atoms with Crippen molar-refractivity contribution in [1.82, 2.24) is 15.5 Å². The molecular formula is C18H17N3O3. The maximum atomic E-state index is 12.4. The average Bonchev–Trinajstić information content (AvgIpc) is 3.13. The second-order valence-corrected chi connectivity index (χ2v) is 5.26. The van der Waals surface area contributed by atoms with Crippen molar-refractivity contribution in [2.75, 3.05) is 6.61 Å². The summed E-state index contributed by atoms with van der Waals surface area (Å²) in [5.74, 6) is 0.155. The van der Waals surface area contributed by atoms with Gasteiger partial charge in [0.1, 0.15) is 0 Å². The molecule has 0 aliphatic heterocycles.